The van der Waals surface area contributed by atoms with Crippen LogP contribution >= 0.6 is 22.6 Å². The molecule has 0 saturated carbocycles. The van der Waals surface area contributed by atoms with Gasteiger partial charge in [-0.1, -0.05) is 97.1 Å². The van der Waals surface area contributed by atoms with Gasteiger partial charge in [0.25, 0.3) is 23.6 Å². The molecule has 472 valence electrons. The minimum Gasteiger partial charge on any atom is -0.354 e. The fourth-order valence-corrected chi connectivity index (χ4v) is 12.7. The van der Waals surface area contributed by atoms with Crippen LogP contribution in [0.4, 0.5) is 22.7 Å². The predicted molar refractivity (Wildman–Crippen MR) is 388 cm³/mol. The maximum Gasteiger partial charge on any atom is 0.273 e. The number of aryl methyl sites for hydroxylation is 3. The van der Waals surface area contributed by atoms with Gasteiger partial charge in [0.2, 0.25) is 0 Å². The second kappa shape index (κ2) is 25.7. The van der Waals surface area contributed by atoms with Gasteiger partial charge in [0, 0.05) is 126 Å². The summed E-state index contributed by atoms with van der Waals surface area (Å²) in [5, 5.41) is 12.8. The van der Waals surface area contributed by atoms with Crippen LogP contribution in [0, 0.1) is 3.57 Å². The van der Waals surface area contributed by atoms with E-state index in [0.717, 1.165) is 20.4 Å². The first-order chi connectivity index (χ1) is 47.4. The maximum atomic E-state index is 14.9. The van der Waals surface area contributed by atoms with Crippen molar-refractivity contribution in [3.05, 3.63) is 275 Å². The highest BCUT2D eigenvalue weighted by molar-refractivity contribution is 14.1. The smallest absolute Gasteiger partial charge is 0.273 e. The van der Waals surface area contributed by atoms with E-state index in [1.807, 2.05) is 170 Å². The third kappa shape index (κ3) is 11.9. The maximum absolute atomic E-state index is 14.9. The van der Waals surface area contributed by atoms with Gasteiger partial charge in [0.1, 0.15) is 17.1 Å². The Morgan fingerprint density at radius 1 is 0.402 bits per heavy atom. The number of carbonyl (C=O) groups is 4. The van der Waals surface area contributed by atoms with Crippen molar-refractivity contribution in [3.8, 4) is 55.8 Å². The fraction of sp³-hybridized carbons (Fsp3) is 0.0526. The fourth-order valence-electron chi connectivity index (χ4n) is 12.4. The van der Waals surface area contributed by atoms with Crippen molar-refractivity contribution in [1.29, 1.82) is 0 Å². The molecule has 20 nitrogen and oxygen atoms in total. The van der Waals surface area contributed by atoms with Gasteiger partial charge in [-0.2, -0.15) is 0 Å². The average Bonchev–Trinajstić information content (AvgIpc) is 1.55. The molecule has 2 aliphatic rings. The number of nitrogens with one attached hydrogen (secondary N) is 6. The van der Waals surface area contributed by atoms with E-state index < -0.39 is 0 Å². The molecule has 0 unspecified atom stereocenters. The van der Waals surface area contributed by atoms with Crippen LogP contribution in [0.25, 0.3) is 102 Å². The van der Waals surface area contributed by atoms with Crippen LogP contribution in [0.2, 0.25) is 0 Å². The molecular weight excluding hydrogens is 1330 g/mol. The number of aromatic amines is 2. The number of hydrogen-bond donors (Lipinski definition) is 6. The largest absolute Gasteiger partial charge is 0.354 e. The number of benzene rings is 6. The predicted octanol–water partition coefficient (Wildman–Crippen LogP) is 15.0. The minimum absolute atomic E-state index is 0.328. The molecule has 4 amide bonds. The summed E-state index contributed by atoms with van der Waals surface area (Å²) in [6.07, 6.45) is 20.7. The molecule has 0 saturated heterocycles. The Kier molecular flexibility index (Phi) is 16.1. The molecule has 0 spiro atoms. The van der Waals surface area contributed by atoms with Crippen molar-refractivity contribution in [2.24, 2.45) is 21.1 Å². The lowest BCUT2D eigenvalue weighted by Gasteiger charge is -2.14. The Morgan fingerprint density at radius 2 is 0.763 bits per heavy atom. The normalized spacial score (nSPS) is 11.6. The molecule has 8 bridgehead atoms. The van der Waals surface area contributed by atoms with Crippen LogP contribution in [-0.2, 0) is 27.7 Å². The summed E-state index contributed by atoms with van der Waals surface area (Å²) in [7, 11) is 5.28. The van der Waals surface area contributed by atoms with Crippen LogP contribution in [-0.4, -0.2) is 81.8 Å². The Morgan fingerprint density at radius 3 is 1.13 bits per heavy atom. The molecule has 15 rings (SSSR count). The summed E-state index contributed by atoms with van der Waals surface area (Å²) in [6.45, 7) is 0.476. The zero-order valence-corrected chi connectivity index (χ0v) is 54.4. The van der Waals surface area contributed by atoms with Gasteiger partial charge >= 0.3 is 0 Å². The number of rotatable bonds is 15. The first-order valence-corrected chi connectivity index (χ1v) is 32.0. The zero-order valence-electron chi connectivity index (χ0n) is 52.3. The highest BCUT2D eigenvalue weighted by Crippen LogP contribution is 2.43. The average molecular weight is 1390 g/mol. The SMILES string of the molecule is Cn1cncc1C(=O)Nc1ccccc1-c1c2nc(c(-c3ccccc3NC(=O)c3cncn3C)c3ccc([nH]3)c(-c3ccccc3NC(=O)c3cncn3C)c3nc(c(-c4ccccc4NC(=O)c4cccc(Cn5cncc5-c5ccc(I)cc5)c4)c4ccc1[nH]4)C=C3)C=C2. The second-order valence-corrected chi connectivity index (χ2v) is 24.5. The molecule has 97 heavy (non-hydrogen) atoms. The monoisotopic (exact) mass is 1380 g/mol. The van der Waals surface area contributed by atoms with Gasteiger partial charge < -0.3 is 49.5 Å². The second-order valence-electron chi connectivity index (χ2n) is 23.3. The number of aromatic nitrogens is 12. The van der Waals surface area contributed by atoms with Crippen LogP contribution in [0.15, 0.2) is 220 Å². The first kappa shape index (κ1) is 60.6. The molecule has 6 N–H and O–H groups in total. The van der Waals surface area contributed by atoms with Crippen LogP contribution in [0.3, 0.4) is 0 Å². The van der Waals surface area contributed by atoms with Gasteiger partial charge in [-0.15, -0.1) is 0 Å². The number of imidazole rings is 4. The molecule has 0 radical (unpaired) electrons. The number of anilines is 4. The summed E-state index contributed by atoms with van der Waals surface area (Å²) in [4.78, 5) is 93.4. The highest BCUT2D eigenvalue weighted by Gasteiger charge is 2.26. The highest BCUT2D eigenvalue weighted by atomic mass is 127. The van der Waals surface area contributed by atoms with E-state index in [1.54, 1.807) is 66.2 Å². The lowest BCUT2D eigenvalue weighted by Crippen LogP contribution is -2.16. The van der Waals surface area contributed by atoms with Crippen LogP contribution in [0.1, 0.15) is 70.2 Å². The number of hydrogen-bond acceptors (Lipinski definition) is 10. The zero-order chi connectivity index (χ0) is 66.3. The number of para-hydroxylation sites is 4. The van der Waals surface area contributed by atoms with Crippen molar-refractivity contribution < 1.29 is 19.2 Å². The van der Waals surface area contributed by atoms with E-state index in [0.29, 0.717) is 141 Å². The molecule has 0 aliphatic carbocycles. The summed E-state index contributed by atoms with van der Waals surface area (Å²) in [5.41, 5.74) is 16.2. The van der Waals surface area contributed by atoms with Crippen molar-refractivity contribution >= 4 is 115 Å². The third-order valence-corrected chi connectivity index (χ3v) is 17.8. The summed E-state index contributed by atoms with van der Waals surface area (Å²) in [6, 6.07) is 54.0. The molecule has 9 heterocycles. The van der Waals surface area contributed by atoms with Gasteiger partial charge in [0.15, 0.2) is 0 Å². The number of amides is 4. The van der Waals surface area contributed by atoms with Crippen molar-refractivity contribution in [1.82, 2.24) is 58.1 Å². The minimum atomic E-state index is -0.369. The Balaban J connectivity index is 0.960. The molecule has 7 aromatic heterocycles. The summed E-state index contributed by atoms with van der Waals surface area (Å²) < 4.78 is 8.17. The van der Waals surface area contributed by atoms with Gasteiger partial charge in [-0.25, -0.2) is 29.9 Å². The molecule has 21 heteroatoms. The van der Waals surface area contributed by atoms with Crippen molar-refractivity contribution in [3.63, 3.8) is 0 Å². The van der Waals surface area contributed by atoms with Gasteiger partial charge in [0.05, 0.1) is 78.6 Å². The summed E-state index contributed by atoms with van der Waals surface area (Å²) >= 11 is 2.30. The van der Waals surface area contributed by atoms with E-state index in [4.69, 9.17) is 9.97 Å². The lowest BCUT2D eigenvalue weighted by atomic mass is 10.0. The quantitative estimate of drug-likeness (QED) is 0.0530. The molecule has 0 atom stereocenters. The van der Waals surface area contributed by atoms with Crippen molar-refractivity contribution in [2.45, 2.75) is 6.54 Å². The number of carbonyl (C=O) groups excluding carboxylic acids is 4. The molecule has 13 aromatic rings. The van der Waals surface area contributed by atoms with Gasteiger partial charge in [-0.05, 0) is 131 Å². The molecule has 2 aliphatic heterocycles. The third-order valence-electron chi connectivity index (χ3n) is 17.1. The number of fused-ring (bicyclic) bond motifs is 8. The van der Waals surface area contributed by atoms with Crippen LogP contribution in [0.5, 0.6) is 0 Å². The number of nitrogens with zero attached hydrogens (tertiary/aromatic N) is 10. The van der Waals surface area contributed by atoms with E-state index in [9.17, 15) is 19.2 Å². The Bertz CT molecular complexity index is 5470. The summed E-state index contributed by atoms with van der Waals surface area (Å²) in [5.74, 6) is -1.43. The van der Waals surface area contributed by atoms with E-state index in [-0.39, 0.29) is 23.6 Å². The molecule has 0 fully saturated rings. The number of H-pyrrole nitrogens is 2. The standard InChI is InChI=1S/C76H57IN16O4/c1-90-41-78-37-66(90)74(95)87-54-20-9-5-16-50(54)70-59-29-27-57(82-59)69(49-15-4-8-19-53(49)86-73(94)47-14-12-13-45(35-47)40-93-44-81-36-65(93)46-23-25-48(77)26-24-46)58-28-30-60(83-58)71(51-17-6-10-21-55(51)88-75(96)67-38-79-42-91(67)2)62-32-34-64(85-62)72(63-33-31-61(70)84-63)52-18-7-11-22-56(52)89-76(97)68-39-80-43-92(68)3/h4-39,41-44,82,85H,40H2,1-3H3,(H,86,94)(H,87,95)(H,88,96)(H,89,97). The van der Waals surface area contributed by atoms with Crippen LogP contribution < -0.4 is 21.3 Å². The van der Waals surface area contributed by atoms with Crippen molar-refractivity contribution in [2.75, 3.05) is 21.3 Å². The number of halogens is 1. The molecule has 6 aromatic carbocycles. The van der Waals surface area contributed by atoms with E-state index in [2.05, 4.69) is 103 Å². The molecular formula is C76H57IN16O4. The lowest BCUT2D eigenvalue weighted by molar-refractivity contribution is 0.101. The van der Waals surface area contributed by atoms with E-state index >= 15 is 0 Å². The van der Waals surface area contributed by atoms with Gasteiger partial charge in [-0.3, -0.25) is 19.2 Å². The van der Waals surface area contributed by atoms with E-state index in [1.165, 1.54) is 18.6 Å². The topological polar surface area (TPSA) is 245 Å². The first-order valence-electron chi connectivity index (χ1n) is 30.9. The Labute approximate surface area is 568 Å². The Hall–Kier alpha value is -12.6.